The van der Waals surface area contributed by atoms with Gasteiger partial charge in [0, 0.05) is 23.6 Å². The molecular weight excluding hydrogens is 300 g/mol. The van der Waals surface area contributed by atoms with Gasteiger partial charge in [-0.3, -0.25) is 4.79 Å². The molecule has 1 unspecified atom stereocenters. The van der Waals surface area contributed by atoms with Crippen molar-refractivity contribution in [1.29, 1.82) is 0 Å². The van der Waals surface area contributed by atoms with Crippen LogP contribution in [0.3, 0.4) is 0 Å². The van der Waals surface area contributed by atoms with Gasteiger partial charge in [0.2, 0.25) is 0 Å². The Kier molecular flexibility index (Phi) is 4.52. The predicted molar refractivity (Wildman–Crippen MR) is 91.7 cm³/mol. The topological polar surface area (TPSA) is 55.1 Å². The second-order valence-corrected chi connectivity index (χ2v) is 8.77. The summed E-state index contributed by atoms with van der Waals surface area (Å²) in [5, 5.41) is 3.14. The molecule has 1 atom stereocenters. The van der Waals surface area contributed by atoms with Gasteiger partial charge in [-0.2, -0.15) is 0 Å². The number of nitrogens with one attached hydrogen (secondary N) is 1. The lowest BCUT2D eigenvalue weighted by Crippen LogP contribution is -2.53. The molecule has 1 aromatic carbocycles. The number of nitrogens with two attached hydrogens (primary N) is 1. The van der Waals surface area contributed by atoms with Crippen LogP contribution in [0, 0.1) is 5.92 Å². The highest BCUT2D eigenvalue weighted by atomic mass is 32.2. The number of carbonyl (C=O) groups excluding carboxylic acids is 1. The SMILES string of the molecule is CC(CN)(NC(=O)c1ccc(C2SCCS2)cc1)C1CC1. The smallest absolute Gasteiger partial charge is 0.251 e. The second kappa shape index (κ2) is 6.23. The predicted octanol–water partition coefficient (Wildman–Crippen LogP) is 3.02. The first kappa shape index (κ1) is 15.3. The Morgan fingerprint density at radius 3 is 2.43 bits per heavy atom. The van der Waals surface area contributed by atoms with Crippen molar-refractivity contribution < 1.29 is 4.79 Å². The number of rotatable bonds is 5. The van der Waals surface area contributed by atoms with Crippen LogP contribution in [-0.2, 0) is 0 Å². The standard InChI is InChI=1S/C16H22N2OS2/c1-16(10-17,13-6-7-13)18-14(19)11-2-4-12(5-3-11)15-20-8-9-21-15/h2-5,13,15H,6-10,17H2,1H3,(H,18,19). The summed E-state index contributed by atoms with van der Waals surface area (Å²) in [4.78, 5) is 12.4. The third-order valence-electron chi connectivity index (χ3n) is 4.37. The summed E-state index contributed by atoms with van der Waals surface area (Å²) < 4.78 is 0.530. The van der Waals surface area contributed by atoms with Crippen molar-refractivity contribution in [3.05, 3.63) is 35.4 Å². The minimum Gasteiger partial charge on any atom is -0.345 e. The third-order valence-corrected chi connectivity index (χ3v) is 7.47. The zero-order valence-electron chi connectivity index (χ0n) is 12.3. The summed E-state index contributed by atoms with van der Waals surface area (Å²) in [6, 6.07) is 8.05. The summed E-state index contributed by atoms with van der Waals surface area (Å²) in [6.45, 7) is 2.56. The number of hydrogen-bond acceptors (Lipinski definition) is 4. The van der Waals surface area contributed by atoms with Crippen LogP contribution < -0.4 is 11.1 Å². The number of amides is 1. The van der Waals surface area contributed by atoms with Gasteiger partial charge in [-0.25, -0.2) is 0 Å². The van der Waals surface area contributed by atoms with Crippen LogP contribution in [0.1, 0.15) is 40.3 Å². The number of carbonyl (C=O) groups is 1. The van der Waals surface area contributed by atoms with E-state index in [2.05, 4.69) is 24.4 Å². The Bertz CT molecular complexity index is 510. The van der Waals surface area contributed by atoms with Crippen LogP contribution in [-0.4, -0.2) is 29.5 Å². The van der Waals surface area contributed by atoms with Gasteiger partial charge in [0.05, 0.1) is 10.1 Å². The summed E-state index contributed by atoms with van der Waals surface area (Å²) in [7, 11) is 0. The summed E-state index contributed by atoms with van der Waals surface area (Å²) >= 11 is 3.96. The first-order valence-electron chi connectivity index (χ1n) is 7.48. The van der Waals surface area contributed by atoms with E-state index in [9.17, 15) is 4.79 Å². The van der Waals surface area contributed by atoms with Crippen molar-refractivity contribution in [2.24, 2.45) is 11.7 Å². The zero-order chi connectivity index (χ0) is 14.9. The molecule has 0 aromatic heterocycles. The molecule has 0 spiro atoms. The zero-order valence-corrected chi connectivity index (χ0v) is 13.9. The van der Waals surface area contributed by atoms with Gasteiger partial charge < -0.3 is 11.1 Å². The van der Waals surface area contributed by atoms with E-state index in [1.165, 1.54) is 29.9 Å². The van der Waals surface area contributed by atoms with E-state index in [1.807, 2.05) is 35.7 Å². The maximum Gasteiger partial charge on any atom is 0.251 e. The van der Waals surface area contributed by atoms with Gasteiger partial charge >= 0.3 is 0 Å². The summed E-state index contributed by atoms with van der Waals surface area (Å²) in [6.07, 6.45) is 2.34. The normalized spacial score (nSPS) is 22.0. The van der Waals surface area contributed by atoms with Crippen molar-refractivity contribution >= 4 is 29.4 Å². The van der Waals surface area contributed by atoms with Gasteiger partial charge in [-0.15, -0.1) is 23.5 Å². The molecule has 21 heavy (non-hydrogen) atoms. The van der Waals surface area contributed by atoms with E-state index in [-0.39, 0.29) is 11.4 Å². The molecular formula is C16H22N2OS2. The van der Waals surface area contributed by atoms with Gasteiger partial charge in [0.25, 0.3) is 5.91 Å². The van der Waals surface area contributed by atoms with E-state index in [1.54, 1.807) is 0 Å². The quantitative estimate of drug-likeness (QED) is 0.875. The molecule has 1 aliphatic heterocycles. The van der Waals surface area contributed by atoms with Gasteiger partial charge in [0.15, 0.2) is 0 Å². The lowest BCUT2D eigenvalue weighted by atomic mass is 9.95. The molecule has 0 bridgehead atoms. The molecule has 2 aliphatic rings. The van der Waals surface area contributed by atoms with E-state index < -0.39 is 0 Å². The number of thioether (sulfide) groups is 2. The van der Waals surface area contributed by atoms with E-state index in [4.69, 9.17) is 5.73 Å². The first-order valence-corrected chi connectivity index (χ1v) is 9.58. The Balaban J connectivity index is 1.67. The largest absolute Gasteiger partial charge is 0.345 e. The molecule has 1 aliphatic carbocycles. The van der Waals surface area contributed by atoms with Crippen molar-refractivity contribution in [1.82, 2.24) is 5.32 Å². The van der Waals surface area contributed by atoms with Gasteiger partial charge in [-0.1, -0.05) is 12.1 Å². The maximum absolute atomic E-state index is 12.4. The molecule has 2 fully saturated rings. The van der Waals surface area contributed by atoms with Crippen LogP contribution in [0.4, 0.5) is 0 Å². The number of benzene rings is 1. The van der Waals surface area contributed by atoms with Gasteiger partial charge in [-0.05, 0) is 43.4 Å². The Morgan fingerprint density at radius 1 is 1.29 bits per heavy atom. The highest BCUT2D eigenvalue weighted by Crippen LogP contribution is 2.45. The maximum atomic E-state index is 12.4. The fourth-order valence-corrected chi connectivity index (χ4v) is 5.57. The molecule has 3 rings (SSSR count). The molecule has 1 saturated heterocycles. The highest BCUT2D eigenvalue weighted by molar-refractivity contribution is 8.19. The van der Waals surface area contributed by atoms with Crippen molar-refractivity contribution in [2.45, 2.75) is 29.9 Å². The highest BCUT2D eigenvalue weighted by Gasteiger charge is 2.41. The fourth-order valence-electron chi connectivity index (χ4n) is 2.71. The molecule has 1 heterocycles. The van der Waals surface area contributed by atoms with Crippen molar-refractivity contribution in [3.8, 4) is 0 Å². The minimum absolute atomic E-state index is 0.00636. The number of hydrogen-bond donors (Lipinski definition) is 2. The third kappa shape index (κ3) is 3.41. The van der Waals surface area contributed by atoms with Crippen LogP contribution >= 0.6 is 23.5 Å². The van der Waals surface area contributed by atoms with E-state index in [0.29, 0.717) is 17.0 Å². The average Bonchev–Trinajstić information content (AvgIpc) is 3.23. The van der Waals surface area contributed by atoms with Crippen LogP contribution in [0.15, 0.2) is 24.3 Å². The Labute approximate surface area is 134 Å². The average molecular weight is 322 g/mol. The van der Waals surface area contributed by atoms with Crippen molar-refractivity contribution in [2.75, 3.05) is 18.1 Å². The second-order valence-electron chi connectivity index (χ2n) is 6.05. The Morgan fingerprint density at radius 2 is 1.90 bits per heavy atom. The molecule has 1 saturated carbocycles. The minimum atomic E-state index is -0.257. The molecule has 0 radical (unpaired) electrons. The molecule has 1 amide bonds. The van der Waals surface area contributed by atoms with E-state index >= 15 is 0 Å². The fraction of sp³-hybridized carbons (Fsp3) is 0.562. The Hall–Kier alpha value is -0.650. The molecule has 1 aromatic rings. The monoisotopic (exact) mass is 322 g/mol. The summed E-state index contributed by atoms with van der Waals surface area (Å²) in [5.41, 5.74) is 7.64. The van der Waals surface area contributed by atoms with Crippen LogP contribution in [0.25, 0.3) is 0 Å². The van der Waals surface area contributed by atoms with Crippen LogP contribution in [0.5, 0.6) is 0 Å². The molecule has 3 N–H and O–H groups in total. The lowest BCUT2D eigenvalue weighted by molar-refractivity contribution is 0.0898. The van der Waals surface area contributed by atoms with Crippen molar-refractivity contribution in [3.63, 3.8) is 0 Å². The molecule has 5 heteroatoms. The molecule has 114 valence electrons. The summed E-state index contributed by atoms with van der Waals surface area (Å²) in [5.74, 6) is 2.96. The first-order chi connectivity index (χ1) is 10.1. The van der Waals surface area contributed by atoms with E-state index in [0.717, 1.165) is 5.56 Å². The molecule has 3 nitrogen and oxygen atoms in total. The lowest BCUT2D eigenvalue weighted by Gasteiger charge is -2.29. The van der Waals surface area contributed by atoms with Crippen LogP contribution in [0.2, 0.25) is 0 Å². The van der Waals surface area contributed by atoms with Gasteiger partial charge in [0.1, 0.15) is 0 Å².